The van der Waals surface area contributed by atoms with Gasteiger partial charge in [-0.05, 0) is 36.1 Å². The van der Waals surface area contributed by atoms with E-state index in [2.05, 4.69) is 82.9 Å². The first-order valence-corrected chi connectivity index (χ1v) is 17.5. The molecule has 13 heteroatoms. The minimum atomic E-state index is 0.431. The minimum Gasteiger partial charge on any atom is -0.334 e. The van der Waals surface area contributed by atoms with Gasteiger partial charge in [-0.15, -0.1) is 0 Å². The highest BCUT2D eigenvalue weighted by molar-refractivity contribution is 5.80. The molecule has 0 spiro atoms. The largest absolute Gasteiger partial charge is 0.334 e. The summed E-state index contributed by atoms with van der Waals surface area (Å²) in [4.78, 5) is 37.1. The van der Waals surface area contributed by atoms with Crippen molar-refractivity contribution < 1.29 is 0 Å². The van der Waals surface area contributed by atoms with Crippen LogP contribution in [-0.2, 0) is 26.9 Å². The van der Waals surface area contributed by atoms with Crippen molar-refractivity contribution in [3.05, 3.63) is 95.6 Å². The molecule has 0 amide bonds. The van der Waals surface area contributed by atoms with E-state index in [9.17, 15) is 0 Å². The van der Waals surface area contributed by atoms with Gasteiger partial charge in [0.15, 0.2) is 0 Å². The van der Waals surface area contributed by atoms with E-state index in [1.807, 2.05) is 68.4 Å². The summed E-state index contributed by atoms with van der Waals surface area (Å²) in [7, 11) is 8.06. The molecule has 0 aromatic carbocycles. The van der Waals surface area contributed by atoms with Crippen molar-refractivity contribution in [2.24, 2.45) is 14.1 Å². The Kier molecular flexibility index (Phi) is 9.62. The van der Waals surface area contributed by atoms with Crippen LogP contribution in [0.4, 0.5) is 23.0 Å². The smallest absolute Gasteiger partial charge is 0.270 e. The van der Waals surface area contributed by atoms with Crippen LogP contribution in [0.1, 0.15) is 48.2 Å². The minimum absolute atomic E-state index is 0.431. The Bertz CT molecular complexity index is 2200. The van der Waals surface area contributed by atoms with Gasteiger partial charge in [-0.3, -0.25) is 14.8 Å². The maximum absolute atomic E-state index is 6.97. The number of hydrogen-bond donors (Lipinski definition) is 1. The Hall–Kier alpha value is -5.45. The lowest BCUT2D eigenvalue weighted by molar-refractivity contribution is 0.163. The number of fused-ring (bicyclic) bond motifs is 2. The molecule has 1 N–H and O–H groups in total. The number of aromatic nitrogens is 8. The summed E-state index contributed by atoms with van der Waals surface area (Å²) in [5.41, 5.74) is 11.0. The SMILES string of the molecule is CCc1cc(C2CNC2)ncc1N(C)c1cc2c(cn1)ncn2C.[C-]#[N+]CN1CC(c2cc(CC)c(N(C)c3cc4c(cn3)ncn4C)cn2)C1. The number of hydrogen-bond acceptors (Lipinski definition) is 10. The van der Waals surface area contributed by atoms with Crippen molar-refractivity contribution in [1.29, 1.82) is 0 Å². The Labute approximate surface area is 298 Å². The molecule has 2 aliphatic heterocycles. The summed E-state index contributed by atoms with van der Waals surface area (Å²) in [5, 5.41) is 3.31. The van der Waals surface area contributed by atoms with E-state index >= 15 is 0 Å². The molecule has 0 saturated carbocycles. The van der Waals surface area contributed by atoms with E-state index in [0.29, 0.717) is 18.5 Å². The van der Waals surface area contributed by atoms with Gasteiger partial charge in [-0.2, -0.15) is 0 Å². The lowest BCUT2D eigenvalue weighted by Gasteiger charge is -2.35. The molecule has 8 rings (SSSR count). The second kappa shape index (κ2) is 14.4. The normalized spacial score (nSPS) is 14.8. The monoisotopic (exact) mass is 683 g/mol. The van der Waals surface area contributed by atoms with Crippen molar-refractivity contribution in [2.45, 2.75) is 38.5 Å². The molecule has 2 fully saturated rings. The molecule has 0 radical (unpaired) electrons. The number of imidazole rings is 2. The molecular weight excluding hydrogens is 639 g/mol. The third kappa shape index (κ3) is 6.72. The topological polar surface area (TPSA) is 113 Å². The first-order chi connectivity index (χ1) is 24.8. The first-order valence-electron chi connectivity index (χ1n) is 17.5. The molecular formula is C38H45N13. The fraction of sp³-hybridized carbons (Fsp3) is 0.395. The van der Waals surface area contributed by atoms with E-state index in [-0.39, 0.29) is 0 Å². The van der Waals surface area contributed by atoms with E-state index in [1.165, 1.54) is 16.8 Å². The average molecular weight is 684 g/mol. The van der Waals surface area contributed by atoms with Crippen molar-refractivity contribution in [1.82, 2.24) is 49.3 Å². The molecule has 262 valence electrons. The van der Waals surface area contributed by atoms with Crippen molar-refractivity contribution >= 4 is 45.1 Å². The molecule has 2 aliphatic rings. The van der Waals surface area contributed by atoms with Gasteiger partial charge < -0.3 is 24.3 Å². The molecule has 0 atom stereocenters. The second-order valence-electron chi connectivity index (χ2n) is 13.5. The van der Waals surface area contributed by atoms with Crippen LogP contribution >= 0.6 is 0 Å². The van der Waals surface area contributed by atoms with Crippen LogP contribution in [0, 0.1) is 6.57 Å². The van der Waals surface area contributed by atoms with Crippen molar-refractivity contribution in [3.8, 4) is 0 Å². The number of anilines is 4. The van der Waals surface area contributed by atoms with Crippen LogP contribution in [-0.4, -0.2) is 90.9 Å². The summed E-state index contributed by atoms with van der Waals surface area (Å²) in [6.07, 6.45) is 13.1. The molecule has 0 aliphatic carbocycles. The highest BCUT2D eigenvalue weighted by Gasteiger charge is 2.31. The number of nitrogens with one attached hydrogen (secondary N) is 1. The first kappa shape index (κ1) is 34.0. The number of likely N-dealkylation sites (tertiary alicyclic amines) is 1. The summed E-state index contributed by atoms with van der Waals surface area (Å²) in [5.74, 6) is 2.77. The average Bonchev–Trinajstić information content (AvgIpc) is 3.69. The molecule has 8 heterocycles. The van der Waals surface area contributed by atoms with Crippen LogP contribution in [0.3, 0.4) is 0 Å². The van der Waals surface area contributed by atoms with Gasteiger partial charge in [0, 0.05) is 89.7 Å². The highest BCUT2D eigenvalue weighted by atomic mass is 15.2. The van der Waals surface area contributed by atoms with Gasteiger partial charge in [0.1, 0.15) is 22.7 Å². The van der Waals surface area contributed by atoms with Crippen molar-refractivity contribution in [3.63, 3.8) is 0 Å². The molecule has 13 nitrogen and oxygen atoms in total. The van der Waals surface area contributed by atoms with Crippen LogP contribution < -0.4 is 15.1 Å². The zero-order valence-corrected chi connectivity index (χ0v) is 30.2. The van der Waals surface area contributed by atoms with Gasteiger partial charge >= 0.3 is 0 Å². The standard InChI is InChI=1S/C20H23N7.C18H22N6/c1-5-14-6-16(15-10-27(11-15)12-21-2)22-9-19(14)26(4)20-7-18-17(8-23-20)24-13-25(18)3;1-4-12-5-14(13-7-19-8-13)20-10-17(12)24(3)18-6-16-15(9-21-18)22-11-23(16)2/h6-9,13,15H,5,10-12H2,1,3-4H3;5-6,9-11,13,19H,4,7-8H2,1-3H3. The fourth-order valence-corrected chi connectivity index (χ4v) is 6.76. The van der Waals surface area contributed by atoms with Gasteiger partial charge in [0.2, 0.25) is 0 Å². The zero-order chi connectivity index (χ0) is 35.6. The molecule has 0 unspecified atom stereocenters. The van der Waals surface area contributed by atoms with Gasteiger partial charge in [0.05, 0.1) is 59.9 Å². The Morgan fingerprint density at radius 2 is 1.20 bits per heavy atom. The van der Waals surface area contributed by atoms with Crippen molar-refractivity contribution in [2.75, 3.05) is 56.7 Å². The molecule has 51 heavy (non-hydrogen) atoms. The van der Waals surface area contributed by atoms with E-state index in [4.69, 9.17) is 16.5 Å². The van der Waals surface area contributed by atoms with E-state index in [0.717, 1.165) is 89.8 Å². The van der Waals surface area contributed by atoms with Crippen LogP contribution in [0.5, 0.6) is 0 Å². The van der Waals surface area contributed by atoms with E-state index < -0.39 is 0 Å². The van der Waals surface area contributed by atoms with Gasteiger partial charge in [0.25, 0.3) is 6.67 Å². The highest BCUT2D eigenvalue weighted by Crippen LogP contribution is 2.33. The summed E-state index contributed by atoms with van der Waals surface area (Å²) in [6.45, 7) is 15.7. The predicted molar refractivity (Wildman–Crippen MR) is 202 cm³/mol. The summed E-state index contributed by atoms with van der Waals surface area (Å²) in [6, 6.07) is 8.60. The van der Waals surface area contributed by atoms with Gasteiger partial charge in [-0.1, -0.05) is 13.8 Å². The quantitative estimate of drug-likeness (QED) is 0.200. The molecule has 0 bridgehead atoms. The van der Waals surface area contributed by atoms with Crippen LogP contribution in [0.2, 0.25) is 0 Å². The number of pyridine rings is 4. The maximum Gasteiger partial charge on any atom is 0.270 e. The molecule has 6 aromatic heterocycles. The lowest BCUT2D eigenvalue weighted by Crippen LogP contribution is -2.44. The van der Waals surface area contributed by atoms with Crippen LogP contribution in [0.15, 0.2) is 61.7 Å². The van der Waals surface area contributed by atoms with Crippen LogP contribution in [0.25, 0.3) is 26.9 Å². The summed E-state index contributed by atoms with van der Waals surface area (Å²) < 4.78 is 4.02. The van der Waals surface area contributed by atoms with Gasteiger partial charge in [-0.25, -0.2) is 31.4 Å². The molecule has 6 aromatic rings. The zero-order valence-electron chi connectivity index (χ0n) is 30.2. The Morgan fingerprint density at radius 1 is 0.706 bits per heavy atom. The third-order valence-corrected chi connectivity index (χ3v) is 10.2. The van der Waals surface area contributed by atoms with E-state index in [1.54, 1.807) is 6.33 Å². The number of rotatable bonds is 9. The maximum atomic E-state index is 6.97. The fourth-order valence-electron chi connectivity index (χ4n) is 6.76. The summed E-state index contributed by atoms with van der Waals surface area (Å²) >= 11 is 0. The third-order valence-electron chi connectivity index (χ3n) is 10.2. The Morgan fingerprint density at radius 3 is 1.63 bits per heavy atom. The lowest BCUT2D eigenvalue weighted by atomic mass is 9.94. The predicted octanol–water partition coefficient (Wildman–Crippen LogP) is 5.35. The number of nitrogens with zero attached hydrogens (tertiary/aromatic N) is 12. The second-order valence-corrected chi connectivity index (χ2v) is 13.5. The number of aryl methyl sites for hydroxylation is 4. The molecule has 2 saturated heterocycles. The Balaban J connectivity index is 0.000000160.